The fraction of sp³-hybridized carbons (Fsp3) is 0.167. The number of benzene rings is 1. The molecule has 0 radical (unpaired) electrons. The van der Waals surface area contributed by atoms with E-state index in [9.17, 15) is 0 Å². The summed E-state index contributed by atoms with van der Waals surface area (Å²) >= 11 is 1.22. The third-order valence-electron chi connectivity index (χ3n) is 2.35. The Balaban J connectivity index is 2.20. The van der Waals surface area contributed by atoms with E-state index in [1.165, 1.54) is 16.9 Å². The van der Waals surface area contributed by atoms with E-state index < -0.39 is 0 Å². The van der Waals surface area contributed by atoms with Crippen molar-refractivity contribution in [2.75, 3.05) is 17.7 Å². The van der Waals surface area contributed by atoms with Gasteiger partial charge in [-0.25, -0.2) is 4.98 Å². The fourth-order valence-electron chi connectivity index (χ4n) is 1.59. The van der Waals surface area contributed by atoms with Crippen LogP contribution in [0.2, 0.25) is 0 Å². The zero-order chi connectivity index (χ0) is 12.3. The second-order valence-electron chi connectivity index (χ2n) is 3.66. The summed E-state index contributed by atoms with van der Waals surface area (Å²) in [5.41, 5.74) is 6.79. The Hall–Kier alpha value is -2.06. The normalized spacial score (nSPS) is 9.88. The van der Waals surface area contributed by atoms with Gasteiger partial charge in [0.2, 0.25) is 0 Å². The van der Waals surface area contributed by atoms with Crippen LogP contribution in [0.3, 0.4) is 0 Å². The van der Waals surface area contributed by atoms with E-state index in [-0.39, 0.29) is 0 Å². The zero-order valence-electron chi connectivity index (χ0n) is 9.42. The van der Waals surface area contributed by atoms with E-state index in [1.54, 1.807) is 0 Å². The maximum absolute atomic E-state index is 8.98. The third kappa shape index (κ3) is 2.55. The second kappa shape index (κ2) is 4.85. The Labute approximate surface area is 104 Å². The molecule has 0 unspecified atom stereocenters. The standard InChI is InChI=1S/C12H12N4S/c1-16(8-9-5-3-2-4-6-9)11-10(7-13)17-12(14)15-11/h2-6H,8H2,1H3,(H2,14,15). The van der Waals surface area contributed by atoms with Crippen molar-refractivity contribution >= 4 is 22.3 Å². The third-order valence-corrected chi connectivity index (χ3v) is 3.13. The lowest BCUT2D eigenvalue weighted by atomic mass is 10.2. The van der Waals surface area contributed by atoms with Crippen LogP contribution in [0.1, 0.15) is 10.4 Å². The largest absolute Gasteiger partial charge is 0.375 e. The molecule has 0 aliphatic rings. The van der Waals surface area contributed by atoms with Gasteiger partial charge in [-0.05, 0) is 5.56 Å². The number of nitriles is 1. The van der Waals surface area contributed by atoms with E-state index in [4.69, 9.17) is 11.0 Å². The Morgan fingerprint density at radius 1 is 1.41 bits per heavy atom. The van der Waals surface area contributed by atoms with Crippen LogP contribution in [0.25, 0.3) is 0 Å². The Morgan fingerprint density at radius 2 is 2.12 bits per heavy atom. The molecule has 0 atom stereocenters. The molecule has 0 saturated carbocycles. The van der Waals surface area contributed by atoms with Crippen LogP contribution in [0.15, 0.2) is 30.3 Å². The molecular weight excluding hydrogens is 232 g/mol. The number of nitrogens with zero attached hydrogens (tertiary/aromatic N) is 3. The highest BCUT2D eigenvalue weighted by Crippen LogP contribution is 2.27. The number of anilines is 2. The zero-order valence-corrected chi connectivity index (χ0v) is 10.2. The van der Waals surface area contributed by atoms with Crippen molar-refractivity contribution in [2.45, 2.75) is 6.54 Å². The number of thiazole rings is 1. The molecular formula is C12H12N4S. The lowest BCUT2D eigenvalue weighted by Crippen LogP contribution is -2.17. The first-order valence-corrected chi connectivity index (χ1v) is 5.94. The van der Waals surface area contributed by atoms with Gasteiger partial charge in [0.1, 0.15) is 6.07 Å². The van der Waals surface area contributed by atoms with Gasteiger partial charge in [0.15, 0.2) is 15.8 Å². The van der Waals surface area contributed by atoms with Crippen LogP contribution in [0.4, 0.5) is 10.9 Å². The van der Waals surface area contributed by atoms with Gasteiger partial charge in [0.05, 0.1) is 0 Å². The van der Waals surface area contributed by atoms with E-state index in [2.05, 4.69) is 11.1 Å². The maximum Gasteiger partial charge on any atom is 0.183 e. The Bertz CT molecular complexity index is 541. The minimum absolute atomic E-state index is 0.427. The van der Waals surface area contributed by atoms with E-state index in [0.717, 1.165) is 0 Å². The summed E-state index contributed by atoms with van der Waals surface area (Å²) < 4.78 is 0. The predicted octanol–water partition coefficient (Wildman–Crippen LogP) is 2.23. The average molecular weight is 244 g/mol. The Morgan fingerprint density at radius 3 is 2.76 bits per heavy atom. The van der Waals surface area contributed by atoms with Crippen LogP contribution in [-0.4, -0.2) is 12.0 Å². The molecule has 0 fully saturated rings. The number of rotatable bonds is 3. The number of hydrogen-bond donors (Lipinski definition) is 1. The quantitative estimate of drug-likeness (QED) is 0.899. The lowest BCUT2D eigenvalue weighted by Gasteiger charge is -2.16. The van der Waals surface area contributed by atoms with Crippen LogP contribution in [0, 0.1) is 11.3 Å². The minimum atomic E-state index is 0.427. The Kier molecular flexibility index (Phi) is 3.26. The molecule has 1 aromatic carbocycles. The van der Waals surface area contributed by atoms with Gasteiger partial charge in [-0.2, -0.15) is 5.26 Å². The van der Waals surface area contributed by atoms with Gasteiger partial charge < -0.3 is 10.6 Å². The summed E-state index contributed by atoms with van der Waals surface area (Å²) in [6.07, 6.45) is 0. The molecule has 0 saturated heterocycles. The number of nitrogen functional groups attached to an aromatic ring is 1. The van der Waals surface area contributed by atoms with E-state index >= 15 is 0 Å². The predicted molar refractivity (Wildman–Crippen MR) is 69.8 cm³/mol. The van der Waals surface area contributed by atoms with Gasteiger partial charge in [-0.1, -0.05) is 41.7 Å². The highest BCUT2D eigenvalue weighted by molar-refractivity contribution is 7.16. The van der Waals surface area contributed by atoms with Gasteiger partial charge in [0, 0.05) is 13.6 Å². The summed E-state index contributed by atoms with van der Waals surface area (Å²) in [6.45, 7) is 0.707. The topological polar surface area (TPSA) is 65.9 Å². The van der Waals surface area contributed by atoms with Gasteiger partial charge in [-0.15, -0.1) is 0 Å². The smallest absolute Gasteiger partial charge is 0.183 e. The van der Waals surface area contributed by atoms with Crippen molar-refractivity contribution in [1.29, 1.82) is 5.26 Å². The molecule has 5 heteroatoms. The molecule has 2 rings (SSSR count). The van der Waals surface area contributed by atoms with Crippen LogP contribution in [0.5, 0.6) is 0 Å². The average Bonchev–Trinajstić information content (AvgIpc) is 2.72. The van der Waals surface area contributed by atoms with Crippen LogP contribution in [-0.2, 0) is 6.54 Å². The molecule has 0 aliphatic carbocycles. The summed E-state index contributed by atoms with van der Waals surface area (Å²) in [7, 11) is 1.91. The van der Waals surface area contributed by atoms with E-state index in [0.29, 0.717) is 22.4 Å². The SMILES string of the molecule is CN(Cc1ccccc1)c1nc(N)sc1C#N. The number of hydrogen-bond acceptors (Lipinski definition) is 5. The molecule has 4 nitrogen and oxygen atoms in total. The van der Waals surface area contributed by atoms with Gasteiger partial charge in [-0.3, -0.25) is 0 Å². The first-order chi connectivity index (χ1) is 8.20. The van der Waals surface area contributed by atoms with Crippen molar-refractivity contribution in [3.63, 3.8) is 0 Å². The van der Waals surface area contributed by atoms with Gasteiger partial charge in [0.25, 0.3) is 0 Å². The van der Waals surface area contributed by atoms with Gasteiger partial charge >= 0.3 is 0 Å². The number of aromatic nitrogens is 1. The second-order valence-corrected chi connectivity index (χ2v) is 4.69. The lowest BCUT2D eigenvalue weighted by molar-refractivity contribution is 0.903. The molecule has 0 bridgehead atoms. The van der Waals surface area contributed by atoms with Crippen molar-refractivity contribution < 1.29 is 0 Å². The van der Waals surface area contributed by atoms with Crippen LogP contribution < -0.4 is 10.6 Å². The summed E-state index contributed by atoms with van der Waals surface area (Å²) in [6, 6.07) is 12.2. The molecule has 2 aromatic rings. The molecule has 1 heterocycles. The van der Waals surface area contributed by atoms with E-state index in [1.807, 2.05) is 42.3 Å². The molecule has 17 heavy (non-hydrogen) atoms. The molecule has 0 aliphatic heterocycles. The first kappa shape index (κ1) is 11.4. The van der Waals surface area contributed by atoms with Crippen LogP contribution >= 0.6 is 11.3 Å². The fourth-order valence-corrected chi connectivity index (χ4v) is 2.27. The maximum atomic E-state index is 8.98. The summed E-state index contributed by atoms with van der Waals surface area (Å²) in [4.78, 5) is 6.66. The molecule has 2 N–H and O–H groups in total. The van der Waals surface area contributed by atoms with Crippen molar-refractivity contribution in [1.82, 2.24) is 4.98 Å². The summed E-state index contributed by atoms with van der Waals surface area (Å²) in [5.74, 6) is 0.652. The molecule has 0 spiro atoms. The highest BCUT2D eigenvalue weighted by atomic mass is 32.1. The summed E-state index contributed by atoms with van der Waals surface area (Å²) in [5, 5.41) is 9.41. The molecule has 86 valence electrons. The minimum Gasteiger partial charge on any atom is -0.375 e. The number of nitrogens with two attached hydrogens (primary N) is 1. The van der Waals surface area contributed by atoms with Crippen molar-refractivity contribution in [2.24, 2.45) is 0 Å². The van der Waals surface area contributed by atoms with Crippen molar-refractivity contribution in [3.8, 4) is 6.07 Å². The monoisotopic (exact) mass is 244 g/mol. The van der Waals surface area contributed by atoms with Crippen molar-refractivity contribution in [3.05, 3.63) is 40.8 Å². The molecule has 1 aromatic heterocycles. The first-order valence-electron chi connectivity index (χ1n) is 5.12. The molecule has 0 amide bonds. The highest BCUT2D eigenvalue weighted by Gasteiger charge is 2.13.